The predicted octanol–water partition coefficient (Wildman–Crippen LogP) is 0.543. The van der Waals surface area contributed by atoms with Gasteiger partial charge < -0.3 is 20.7 Å². The number of anilines is 1. The molecule has 7 heteroatoms. The van der Waals surface area contributed by atoms with Crippen molar-refractivity contribution in [1.29, 1.82) is 0 Å². The van der Waals surface area contributed by atoms with Crippen LogP contribution < -0.4 is 16.0 Å². The molecule has 0 bridgehead atoms. The van der Waals surface area contributed by atoms with Crippen LogP contribution in [-0.4, -0.2) is 48.2 Å². The SMILES string of the molecule is COCc1nc(C2CC(N)C2)cc(N2CC[C@H](NC(C)=O)C2)n1. The summed E-state index contributed by atoms with van der Waals surface area (Å²) in [7, 11) is 1.65. The summed E-state index contributed by atoms with van der Waals surface area (Å²) in [6.45, 7) is 3.63. The third-order valence-electron chi connectivity index (χ3n) is 4.56. The Bertz CT molecular complexity index is 574. The van der Waals surface area contributed by atoms with Crippen molar-refractivity contribution in [2.75, 3.05) is 25.1 Å². The van der Waals surface area contributed by atoms with Gasteiger partial charge >= 0.3 is 0 Å². The normalized spacial score (nSPS) is 26.9. The number of nitrogens with two attached hydrogens (primary N) is 1. The van der Waals surface area contributed by atoms with E-state index in [-0.39, 0.29) is 11.9 Å². The maximum atomic E-state index is 11.2. The zero-order valence-electron chi connectivity index (χ0n) is 13.8. The molecule has 1 atom stereocenters. The lowest BCUT2D eigenvalue weighted by Crippen LogP contribution is -2.36. The molecule has 2 fully saturated rings. The first-order valence-electron chi connectivity index (χ1n) is 8.19. The summed E-state index contributed by atoms with van der Waals surface area (Å²) in [6.07, 6.45) is 2.90. The molecule has 1 aromatic heterocycles. The Morgan fingerprint density at radius 3 is 2.91 bits per heavy atom. The molecule has 126 valence electrons. The number of hydrogen-bond donors (Lipinski definition) is 2. The molecule has 0 unspecified atom stereocenters. The van der Waals surface area contributed by atoms with E-state index in [1.54, 1.807) is 14.0 Å². The van der Waals surface area contributed by atoms with E-state index in [0.717, 1.165) is 43.9 Å². The van der Waals surface area contributed by atoms with Crippen LogP contribution in [0, 0.1) is 0 Å². The van der Waals surface area contributed by atoms with Gasteiger partial charge in [0.25, 0.3) is 0 Å². The lowest BCUT2D eigenvalue weighted by molar-refractivity contribution is -0.119. The van der Waals surface area contributed by atoms with E-state index in [4.69, 9.17) is 10.5 Å². The van der Waals surface area contributed by atoms with Crippen LogP contribution in [0.5, 0.6) is 0 Å². The van der Waals surface area contributed by atoms with E-state index in [2.05, 4.69) is 26.3 Å². The predicted molar refractivity (Wildman–Crippen MR) is 87.1 cm³/mol. The van der Waals surface area contributed by atoms with Crippen molar-refractivity contribution in [2.24, 2.45) is 5.73 Å². The first-order valence-corrected chi connectivity index (χ1v) is 8.19. The quantitative estimate of drug-likeness (QED) is 0.823. The maximum Gasteiger partial charge on any atom is 0.217 e. The highest BCUT2D eigenvalue weighted by Gasteiger charge is 2.30. The van der Waals surface area contributed by atoms with Crippen molar-refractivity contribution in [3.63, 3.8) is 0 Å². The van der Waals surface area contributed by atoms with Gasteiger partial charge in [-0.05, 0) is 19.3 Å². The Morgan fingerprint density at radius 2 is 2.26 bits per heavy atom. The maximum absolute atomic E-state index is 11.2. The molecule has 1 saturated carbocycles. The van der Waals surface area contributed by atoms with E-state index in [1.807, 2.05) is 0 Å². The van der Waals surface area contributed by atoms with Crippen LogP contribution in [-0.2, 0) is 16.1 Å². The highest BCUT2D eigenvalue weighted by Crippen LogP contribution is 2.36. The van der Waals surface area contributed by atoms with Gasteiger partial charge in [-0.3, -0.25) is 4.79 Å². The second kappa shape index (κ2) is 6.80. The van der Waals surface area contributed by atoms with Crippen molar-refractivity contribution in [2.45, 2.75) is 50.8 Å². The van der Waals surface area contributed by atoms with Gasteiger partial charge in [-0.25, -0.2) is 9.97 Å². The minimum absolute atomic E-state index is 0.0174. The van der Waals surface area contributed by atoms with Gasteiger partial charge in [0.1, 0.15) is 12.4 Å². The number of carbonyl (C=O) groups is 1. The summed E-state index contributed by atoms with van der Waals surface area (Å²) in [5.41, 5.74) is 6.97. The molecule has 1 saturated heterocycles. The fourth-order valence-electron chi connectivity index (χ4n) is 3.34. The van der Waals surface area contributed by atoms with Crippen molar-refractivity contribution < 1.29 is 9.53 Å². The number of rotatable bonds is 5. The highest BCUT2D eigenvalue weighted by molar-refractivity contribution is 5.73. The van der Waals surface area contributed by atoms with Crippen LogP contribution >= 0.6 is 0 Å². The van der Waals surface area contributed by atoms with Crippen LogP contribution in [0.2, 0.25) is 0 Å². The molecule has 23 heavy (non-hydrogen) atoms. The van der Waals surface area contributed by atoms with Gasteiger partial charge in [0.2, 0.25) is 5.91 Å². The van der Waals surface area contributed by atoms with Gasteiger partial charge in [0.05, 0.1) is 0 Å². The number of hydrogen-bond acceptors (Lipinski definition) is 6. The number of carbonyl (C=O) groups excluding carboxylic acids is 1. The van der Waals surface area contributed by atoms with Crippen LogP contribution in [0.4, 0.5) is 5.82 Å². The van der Waals surface area contributed by atoms with Gasteiger partial charge in [-0.1, -0.05) is 0 Å². The minimum Gasteiger partial charge on any atom is -0.377 e. The fraction of sp³-hybridized carbons (Fsp3) is 0.688. The van der Waals surface area contributed by atoms with Crippen molar-refractivity contribution in [1.82, 2.24) is 15.3 Å². The van der Waals surface area contributed by atoms with Gasteiger partial charge in [-0.15, -0.1) is 0 Å². The molecule has 3 N–H and O–H groups in total. The lowest BCUT2D eigenvalue weighted by Gasteiger charge is -2.32. The van der Waals surface area contributed by atoms with Crippen molar-refractivity contribution in [3.05, 3.63) is 17.6 Å². The third-order valence-corrected chi connectivity index (χ3v) is 4.56. The highest BCUT2D eigenvalue weighted by atomic mass is 16.5. The molecule has 2 aliphatic rings. The number of methoxy groups -OCH3 is 1. The Kier molecular flexibility index (Phi) is 4.77. The Labute approximate surface area is 136 Å². The molecule has 3 rings (SSSR count). The molecule has 7 nitrogen and oxygen atoms in total. The Hall–Kier alpha value is -1.73. The average Bonchev–Trinajstić information content (AvgIpc) is 2.91. The Morgan fingerprint density at radius 1 is 1.48 bits per heavy atom. The lowest BCUT2D eigenvalue weighted by atomic mass is 9.78. The summed E-state index contributed by atoms with van der Waals surface area (Å²) < 4.78 is 5.20. The number of amides is 1. The number of aromatic nitrogens is 2. The molecular formula is C16H25N5O2. The van der Waals surface area contributed by atoms with Gasteiger partial charge in [0.15, 0.2) is 5.82 Å². The summed E-state index contributed by atoms with van der Waals surface area (Å²) in [4.78, 5) is 22.7. The fourth-order valence-corrected chi connectivity index (χ4v) is 3.34. The zero-order chi connectivity index (χ0) is 16.4. The molecule has 2 heterocycles. The second-order valence-electron chi connectivity index (χ2n) is 6.56. The molecule has 0 aromatic carbocycles. The summed E-state index contributed by atoms with van der Waals surface area (Å²) in [5, 5.41) is 2.98. The topological polar surface area (TPSA) is 93.4 Å². The standard InChI is InChI=1S/C16H25N5O2/c1-10(22)18-13-3-4-21(8-13)16-7-14(11-5-12(17)6-11)19-15(20-16)9-23-2/h7,11-13H,3-6,8-9,17H2,1-2H3,(H,18,22)/t11?,12?,13-/m0/s1. The molecule has 1 amide bonds. The van der Waals surface area contributed by atoms with E-state index in [0.29, 0.717) is 24.4 Å². The minimum atomic E-state index is 0.0174. The number of ether oxygens (including phenoxy) is 1. The monoisotopic (exact) mass is 319 g/mol. The molecule has 1 aliphatic heterocycles. The molecule has 1 aromatic rings. The zero-order valence-corrected chi connectivity index (χ0v) is 13.8. The molecule has 0 spiro atoms. The van der Waals surface area contributed by atoms with Gasteiger partial charge in [0, 0.05) is 56.9 Å². The summed E-state index contributed by atoms with van der Waals surface area (Å²) >= 11 is 0. The smallest absolute Gasteiger partial charge is 0.217 e. The third kappa shape index (κ3) is 3.79. The number of nitrogens with zero attached hydrogens (tertiary/aromatic N) is 3. The largest absolute Gasteiger partial charge is 0.377 e. The van der Waals surface area contributed by atoms with E-state index < -0.39 is 0 Å². The van der Waals surface area contributed by atoms with Crippen LogP contribution in [0.1, 0.15) is 43.6 Å². The summed E-state index contributed by atoms with van der Waals surface area (Å²) in [5.74, 6) is 2.08. The number of nitrogens with one attached hydrogen (secondary N) is 1. The van der Waals surface area contributed by atoms with E-state index >= 15 is 0 Å². The van der Waals surface area contributed by atoms with E-state index in [9.17, 15) is 4.79 Å². The first-order chi connectivity index (χ1) is 11.0. The second-order valence-corrected chi connectivity index (χ2v) is 6.56. The van der Waals surface area contributed by atoms with Crippen molar-refractivity contribution in [3.8, 4) is 0 Å². The first kappa shape index (κ1) is 16.1. The van der Waals surface area contributed by atoms with Crippen molar-refractivity contribution >= 4 is 11.7 Å². The molecular weight excluding hydrogens is 294 g/mol. The Balaban J connectivity index is 1.76. The molecule has 1 aliphatic carbocycles. The van der Waals surface area contributed by atoms with Crippen LogP contribution in [0.3, 0.4) is 0 Å². The van der Waals surface area contributed by atoms with Gasteiger partial charge in [-0.2, -0.15) is 0 Å². The average molecular weight is 319 g/mol. The molecule has 0 radical (unpaired) electrons. The summed E-state index contributed by atoms with van der Waals surface area (Å²) in [6, 6.07) is 2.56. The van der Waals surface area contributed by atoms with E-state index in [1.165, 1.54) is 0 Å². The van der Waals surface area contributed by atoms with Crippen LogP contribution in [0.25, 0.3) is 0 Å². The van der Waals surface area contributed by atoms with Crippen LogP contribution in [0.15, 0.2) is 6.07 Å².